The molecular formula is C6H12N6. The van der Waals surface area contributed by atoms with Crippen LogP contribution in [-0.4, -0.2) is 29.0 Å². The van der Waals surface area contributed by atoms with Crippen molar-refractivity contribution in [2.24, 2.45) is 5.84 Å². The summed E-state index contributed by atoms with van der Waals surface area (Å²) in [6, 6.07) is 0. The molecule has 0 saturated heterocycles. The van der Waals surface area contributed by atoms with Crippen molar-refractivity contribution >= 4 is 11.9 Å². The quantitative estimate of drug-likeness (QED) is 0.459. The van der Waals surface area contributed by atoms with Crippen LogP contribution in [0.2, 0.25) is 0 Å². The molecule has 0 atom stereocenters. The van der Waals surface area contributed by atoms with E-state index in [4.69, 9.17) is 5.84 Å². The number of nitrogens with two attached hydrogens (primary N) is 1. The Hall–Kier alpha value is -1.43. The van der Waals surface area contributed by atoms with E-state index in [-0.39, 0.29) is 0 Å². The van der Waals surface area contributed by atoms with Gasteiger partial charge < -0.3 is 4.90 Å². The first-order valence-electron chi connectivity index (χ1n) is 3.50. The molecule has 0 saturated carbocycles. The van der Waals surface area contributed by atoms with Crippen LogP contribution in [0.1, 0.15) is 5.82 Å². The van der Waals surface area contributed by atoms with E-state index in [2.05, 4.69) is 20.4 Å². The second kappa shape index (κ2) is 3.31. The second-order valence-corrected chi connectivity index (χ2v) is 2.54. The number of hydrogen-bond donors (Lipinski definition) is 2. The maximum atomic E-state index is 5.17. The molecule has 6 nitrogen and oxygen atoms in total. The fourth-order valence-corrected chi connectivity index (χ4v) is 0.732. The molecule has 1 aromatic rings. The molecule has 12 heavy (non-hydrogen) atoms. The molecule has 0 amide bonds. The van der Waals surface area contributed by atoms with Crippen LogP contribution in [0.4, 0.5) is 11.9 Å². The van der Waals surface area contributed by atoms with Crippen LogP contribution in [0.5, 0.6) is 0 Å². The summed E-state index contributed by atoms with van der Waals surface area (Å²) in [5.74, 6) is 6.78. The van der Waals surface area contributed by atoms with Gasteiger partial charge >= 0.3 is 0 Å². The number of hydrazine groups is 1. The number of hydrogen-bond acceptors (Lipinski definition) is 6. The SMILES string of the molecule is Cc1nc(NN)nc(N(C)C)n1. The van der Waals surface area contributed by atoms with E-state index in [1.54, 1.807) is 11.8 Å². The van der Waals surface area contributed by atoms with E-state index in [1.165, 1.54) is 0 Å². The van der Waals surface area contributed by atoms with Crippen LogP contribution in [0, 0.1) is 6.92 Å². The van der Waals surface area contributed by atoms with Crippen molar-refractivity contribution in [2.75, 3.05) is 24.4 Å². The van der Waals surface area contributed by atoms with E-state index >= 15 is 0 Å². The molecule has 1 aromatic heterocycles. The summed E-state index contributed by atoms with van der Waals surface area (Å²) < 4.78 is 0. The molecule has 66 valence electrons. The van der Waals surface area contributed by atoms with Gasteiger partial charge in [0.05, 0.1) is 0 Å². The second-order valence-electron chi connectivity index (χ2n) is 2.54. The average molecular weight is 168 g/mol. The van der Waals surface area contributed by atoms with Gasteiger partial charge in [0, 0.05) is 14.1 Å². The molecule has 0 bridgehead atoms. The summed E-state index contributed by atoms with van der Waals surface area (Å²) in [6.45, 7) is 1.79. The predicted octanol–water partition coefficient (Wildman–Crippen LogP) is -0.468. The highest BCUT2D eigenvalue weighted by molar-refractivity contribution is 5.34. The van der Waals surface area contributed by atoms with Crippen molar-refractivity contribution in [2.45, 2.75) is 6.92 Å². The van der Waals surface area contributed by atoms with E-state index < -0.39 is 0 Å². The molecule has 0 fully saturated rings. The number of aryl methyl sites for hydroxylation is 1. The zero-order valence-electron chi connectivity index (χ0n) is 7.37. The van der Waals surface area contributed by atoms with Gasteiger partial charge in [-0.2, -0.15) is 15.0 Å². The topological polar surface area (TPSA) is 80.0 Å². The number of nitrogen functional groups attached to an aromatic ring is 1. The third-order valence-electron chi connectivity index (χ3n) is 1.26. The molecule has 1 rings (SSSR count). The highest BCUT2D eigenvalue weighted by Crippen LogP contribution is 2.05. The predicted molar refractivity (Wildman–Crippen MR) is 46.7 cm³/mol. The smallest absolute Gasteiger partial charge is 0.242 e. The number of aromatic nitrogens is 3. The minimum atomic E-state index is 0.381. The van der Waals surface area contributed by atoms with Gasteiger partial charge in [-0.1, -0.05) is 0 Å². The van der Waals surface area contributed by atoms with Gasteiger partial charge in [0.1, 0.15) is 5.82 Å². The van der Waals surface area contributed by atoms with Gasteiger partial charge in [-0.15, -0.1) is 0 Å². The molecule has 0 aromatic carbocycles. The lowest BCUT2D eigenvalue weighted by Crippen LogP contribution is -2.18. The Bertz CT molecular complexity index is 271. The summed E-state index contributed by atoms with van der Waals surface area (Å²) in [4.78, 5) is 13.8. The van der Waals surface area contributed by atoms with Crippen molar-refractivity contribution in [3.8, 4) is 0 Å². The highest BCUT2D eigenvalue weighted by Gasteiger charge is 2.02. The van der Waals surface area contributed by atoms with Crippen LogP contribution >= 0.6 is 0 Å². The Morgan fingerprint density at radius 3 is 2.42 bits per heavy atom. The van der Waals surface area contributed by atoms with Crippen LogP contribution in [0.15, 0.2) is 0 Å². The van der Waals surface area contributed by atoms with E-state index in [0.717, 1.165) is 0 Å². The molecule has 0 spiro atoms. The van der Waals surface area contributed by atoms with Crippen LogP contribution in [0.3, 0.4) is 0 Å². The average Bonchev–Trinajstić information content (AvgIpc) is 2.03. The van der Waals surface area contributed by atoms with Gasteiger partial charge in [0.15, 0.2) is 0 Å². The monoisotopic (exact) mass is 168 g/mol. The highest BCUT2D eigenvalue weighted by atomic mass is 15.3. The van der Waals surface area contributed by atoms with Gasteiger partial charge in [0.2, 0.25) is 11.9 Å². The fourth-order valence-electron chi connectivity index (χ4n) is 0.732. The molecule has 1 heterocycles. The van der Waals surface area contributed by atoms with Crippen molar-refractivity contribution in [1.29, 1.82) is 0 Å². The normalized spacial score (nSPS) is 9.67. The first-order chi connectivity index (χ1) is 5.63. The Kier molecular flexibility index (Phi) is 2.39. The minimum Gasteiger partial charge on any atom is -0.347 e. The zero-order valence-corrected chi connectivity index (χ0v) is 7.37. The largest absolute Gasteiger partial charge is 0.347 e. The lowest BCUT2D eigenvalue weighted by molar-refractivity contribution is 0.915. The number of anilines is 2. The first-order valence-corrected chi connectivity index (χ1v) is 3.50. The standard InChI is InChI=1S/C6H12N6/c1-4-8-5(11-7)10-6(9-4)12(2)3/h7H2,1-3H3,(H,8,9,10,11). The molecule has 0 aliphatic heterocycles. The summed E-state index contributed by atoms with van der Waals surface area (Å²) >= 11 is 0. The molecule has 6 heteroatoms. The van der Waals surface area contributed by atoms with Gasteiger partial charge in [-0.05, 0) is 6.92 Å². The van der Waals surface area contributed by atoms with E-state index in [1.807, 2.05) is 14.1 Å². The van der Waals surface area contributed by atoms with Crippen molar-refractivity contribution in [3.63, 3.8) is 0 Å². The third-order valence-corrected chi connectivity index (χ3v) is 1.26. The molecule has 3 N–H and O–H groups in total. The molecular weight excluding hydrogens is 156 g/mol. The Morgan fingerprint density at radius 2 is 1.92 bits per heavy atom. The first kappa shape index (κ1) is 8.66. The van der Waals surface area contributed by atoms with E-state index in [9.17, 15) is 0 Å². The lowest BCUT2D eigenvalue weighted by Gasteiger charge is -2.10. The van der Waals surface area contributed by atoms with Crippen LogP contribution in [-0.2, 0) is 0 Å². The maximum absolute atomic E-state index is 5.17. The Labute approximate surface area is 70.8 Å². The van der Waals surface area contributed by atoms with Crippen LogP contribution < -0.4 is 16.2 Å². The van der Waals surface area contributed by atoms with Gasteiger partial charge in [0.25, 0.3) is 0 Å². The fraction of sp³-hybridized carbons (Fsp3) is 0.500. The number of rotatable bonds is 2. The van der Waals surface area contributed by atoms with Crippen molar-refractivity contribution in [3.05, 3.63) is 5.82 Å². The molecule has 0 unspecified atom stereocenters. The van der Waals surface area contributed by atoms with E-state index in [0.29, 0.717) is 17.7 Å². The lowest BCUT2D eigenvalue weighted by atomic mass is 10.6. The Morgan fingerprint density at radius 1 is 1.25 bits per heavy atom. The third kappa shape index (κ3) is 1.79. The van der Waals surface area contributed by atoms with Crippen LogP contribution in [0.25, 0.3) is 0 Å². The number of nitrogens with zero attached hydrogens (tertiary/aromatic N) is 4. The molecule has 0 aliphatic rings. The molecule has 0 radical (unpaired) electrons. The summed E-state index contributed by atoms with van der Waals surface area (Å²) in [5.41, 5.74) is 2.37. The zero-order chi connectivity index (χ0) is 9.14. The minimum absolute atomic E-state index is 0.381. The van der Waals surface area contributed by atoms with Crippen molar-refractivity contribution < 1.29 is 0 Å². The summed E-state index contributed by atoms with van der Waals surface area (Å²) in [6.07, 6.45) is 0. The molecule has 0 aliphatic carbocycles. The van der Waals surface area contributed by atoms with Gasteiger partial charge in [-0.25, -0.2) is 5.84 Å². The summed E-state index contributed by atoms with van der Waals surface area (Å²) in [7, 11) is 3.71. The van der Waals surface area contributed by atoms with Crippen molar-refractivity contribution in [1.82, 2.24) is 15.0 Å². The summed E-state index contributed by atoms with van der Waals surface area (Å²) in [5, 5.41) is 0. The Balaban J connectivity index is 3.06. The maximum Gasteiger partial charge on any atom is 0.242 e. The number of nitrogens with one attached hydrogen (secondary N) is 1. The van der Waals surface area contributed by atoms with Gasteiger partial charge in [-0.3, -0.25) is 5.43 Å².